The van der Waals surface area contributed by atoms with Gasteiger partial charge < -0.3 is 14.2 Å². The van der Waals surface area contributed by atoms with Crippen LogP contribution in [0, 0.1) is 6.92 Å². The minimum Gasteiger partial charge on any atom is -0.493 e. The van der Waals surface area contributed by atoms with E-state index in [2.05, 4.69) is 12.1 Å². The van der Waals surface area contributed by atoms with Crippen LogP contribution < -0.4 is 9.47 Å². The molecule has 0 aliphatic carbocycles. The van der Waals surface area contributed by atoms with Gasteiger partial charge in [-0.05, 0) is 49.7 Å². The summed E-state index contributed by atoms with van der Waals surface area (Å²) in [4.78, 5) is 4.76. The van der Waals surface area contributed by atoms with Crippen molar-refractivity contribution in [3.63, 3.8) is 0 Å². The van der Waals surface area contributed by atoms with Crippen LogP contribution in [0.5, 0.6) is 11.5 Å². The Morgan fingerprint density at radius 3 is 2.83 bits per heavy atom. The SMILES string of the molecule is COc1ccc(-c2cc(C)nn2-c2nc3ccccc3s2)cc1O[C@H]1CCCO1. The first-order chi connectivity index (χ1) is 14.2. The molecule has 0 amide bonds. The molecule has 0 saturated carbocycles. The Labute approximate surface area is 172 Å². The fraction of sp³-hybridized carbons (Fsp3) is 0.273. The molecule has 6 nitrogen and oxygen atoms in total. The largest absolute Gasteiger partial charge is 0.493 e. The lowest BCUT2D eigenvalue weighted by molar-refractivity contribution is -0.0402. The second-order valence-electron chi connectivity index (χ2n) is 6.97. The Bertz CT molecular complexity index is 1130. The van der Waals surface area contributed by atoms with Gasteiger partial charge in [0.2, 0.25) is 5.13 Å². The molecule has 3 heterocycles. The highest BCUT2D eigenvalue weighted by molar-refractivity contribution is 7.20. The predicted molar refractivity (Wildman–Crippen MR) is 113 cm³/mol. The van der Waals surface area contributed by atoms with Crippen LogP contribution >= 0.6 is 11.3 Å². The highest BCUT2D eigenvalue weighted by atomic mass is 32.1. The van der Waals surface area contributed by atoms with E-state index in [4.69, 9.17) is 24.3 Å². The number of methoxy groups -OCH3 is 1. The zero-order chi connectivity index (χ0) is 19.8. The van der Waals surface area contributed by atoms with E-state index in [1.54, 1.807) is 18.4 Å². The molecule has 148 valence electrons. The second kappa shape index (κ2) is 7.50. The van der Waals surface area contributed by atoms with Crippen molar-refractivity contribution in [2.45, 2.75) is 26.1 Å². The van der Waals surface area contributed by atoms with Gasteiger partial charge in [0.05, 0.1) is 35.3 Å². The molecule has 0 N–H and O–H groups in total. The number of hydrogen-bond donors (Lipinski definition) is 0. The quantitative estimate of drug-likeness (QED) is 0.467. The number of fused-ring (bicyclic) bond motifs is 1. The Morgan fingerprint density at radius 2 is 2.03 bits per heavy atom. The van der Waals surface area contributed by atoms with E-state index in [9.17, 15) is 0 Å². The predicted octanol–water partition coefficient (Wildman–Crippen LogP) is 4.98. The minimum atomic E-state index is -0.227. The number of nitrogens with zero attached hydrogens (tertiary/aromatic N) is 3. The first-order valence-electron chi connectivity index (χ1n) is 9.60. The van der Waals surface area contributed by atoms with Crippen molar-refractivity contribution in [2.24, 2.45) is 0 Å². The third kappa shape index (κ3) is 3.47. The average Bonchev–Trinajstić information content (AvgIpc) is 3.47. The van der Waals surface area contributed by atoms with E-state index in [0.717, 1.165) is 51.7 Å². The lowest BCUT2D eigenvalue weighted by Crippen LogP contribution is -2.14. The summed E-state index contributed by atoms with van der Waals surface area (Å²) in [7, 11) is 1.65. The normalized spacial score (nSPS) is 16.4. The molecule has 0 unspecified atom stereocenters. The van der Waals surface area contributed by atoms with Crippen molar-refractivity contribution in [1.29, 1.82) is 0 Å². The summed E-state index contributed by atoms with van der Waals surface area (Å²) < 4.78 is 20.2. The number of rotatable bonds is 5. The van der Waals surface area contributed by atoms with E-state index in [1.807, 2.05) is 48.0 Å². The number of hydrogen-bond acceptors (Lipinski definition) is 6. The molecule has 0 bridgehead atoms. The van der Waals surface area contributed by atoms with Crippen LogP contribution in [0.15, 0.2) is 48.5 Å². The highest BCUT2D eigenvalue weighted by Gasteiger charge is 2.21. The highest BCUT2D eigenvalue weighted by Crippen LogP contribution is 2.36. The molecule has 1 aliphatic heterocycles. The maximum atomic E-state index is 6.07. The second-order valence-corrected chi connectivity index (χ2v) is 7.98. The maximum absolute atomic E-state index is 6.07. The number of aromatic nitrogens is 3. The third-order valence-electron chi connectivity index (χ3n) is 4.90. The number of benzene rings is 2. The molecule has 1 saturated heterocycles. The Kier molecular flexibility index (Phi) is 4.69. The summed E-state index contributed by atoms with van der Waals surface area (Å²) in [6.45, 7) is 2.72. The zero-order valence-electron chi connectivity index (χ0n) is 16.3. The summed E-state index contributed by atoms with van der Waals surface area (Å²) in [5.74, 6) is 1.36. The first-order valence-corrected chi connectivity index (χ1v) is 10.4. The molecule has 1 atom stereocenters. The van der Waals surface area contributed by atoms with E-state index >= 15 is 0 Å². The smallest absolute Gasteiger partial charge is 0.212 e. The van der Waals surface area contributed by atoms with Gasteiger partial charge in [-0.15, -0.1) is 0 Å². The summed E-state index contributed by atoms with van der Waals surface area (Å²) in [5.41, 5.74) is 3.85. The third-order valence-corrected chi connectivity index (χ3v) is 5.91. The molecule has 1 aliphatic rings. The average molecular weight is 407 g/mol. The Balaban J connectivity index is 1.57. The molecule has 29 heavy (non-hydrogen) atoms. The van der Waals surface area contributed by atoms with Crippen LogP contribution in [0.2, 0.25) is 0 Å². The van der Waals surface area contributed by atoms with Crippen LogP contribution in [-0.2, 0) is 4.74 Å². The molecule has 5 rings (SSSR count). The topological polar surface area (TPSA) is 58.4 Å². The van der Waals surface area contributed by atoms with Gasteiger partial charge in [-0.25, -0.2) is 9.67 Å². The number of para-hydroxylation sites is 1. The molecule has 4 aromatic rings. The van der Waals surface area contributed by atoms with Gasteiger partial charge in [-0.1, -0.05) is 23.5 Å². The lowest BCUT2D eigenvalue weighted by Gasteiger charge is -2.16. The molecule has 0 spiro atoms. The molecule has 2 aromatic heterocycles. The number of ether oxygens (including phenoxy) is 3. The molecule has 2 aromatic carbocycles. The van der Waals surface area contributed by atoms with Crippen molar-refractivity contribution in [2.75, 3.05) is 13.7 Å². The van der Waals surface area contributed by atoms with Crippen LogP contribution in [0.3, 0.4) is 0 Å². The summed E-state index contributed by atoms with van der Waals surface area (Å²) in [6, 6.07) is 16.1. The standard InChI is InChI=1S/C22H21N3O3S/c1-14-12-17(25(24-14)22-23-16-6-3-4-7-20(16)29-22)15-9-10-18(26-2)19(13-15)28-21-8-5-11-27-21/h3-4,6-7,9-10,12-13,21H,5,8,11H2,1-2H3/t21-/m0/s1. The number of thiazole rings is 1. The minimum absolute atomic E-state index is 0.227. The molecule has 1 fully saturated rings. The van der Waals surface area contributed by atoms with E-state index in [0.29, 0.717) is 11.5 Å². The van der Waals surface area contributed by atoms with E-state index < -0.39 is 0 Å². The molecule has 7 heteroatoms. The Hall–Kier alpha value is -2.90. The van der Waals surface area contributed by atoms with Crippen molar-refractivity contribution >= 4 is 21.6 Å². The Morgan fingerprint density at radius 1 is 1.14 bits per heavy atom. The van der Waals surface area contributed by atoms with Crippen molar-refractivity contribution in [3.8, 4) is 27.9 Å². The van der Waals surface area contributed by atoms with Gasteiger partial charge in [-0.2, -0.15) is 5.10 Å². The monoisotopic (exact) mass is 407 g/mol. The summed E-state index contributed by atoms with van der Waals surface area (Å²) in [6.07, 6.45) is 1.67. The fourth-order valence-corrected chi connectivity index (χ4v) is 4.44. The van der Waals surface area contributed by atoms with Gasteiger partial charge in [0.1, 0.15) is 0 Å². The van der Waals surface area contributed by atoms with Gasteiger partial charge in [0.15, 0.2) is 17.8 Å². The number of aryl methyl sites for hydroxylation is 1. The van der Waals surface area contributed by atoms with Gasteiger partial charge in [0, 0.05) is 12.0 Å². The van der Waals surface area contributed by atoms with Gasteiger partial charge >= 0.3 is 0 Å². The zero-order valence-corrected chi connectivity index (χ0v) is 17.1. The van der Waals surface area contributed by atoms with Crippen molar-refractivity contribution in [3.05, 3.63) is 54.2 Å². The fourth-order valence-electron chi connectivity index (χ4n) is 3.51. The summed E-state index contributed by atoms with van der Waals surface area (Å²) in [5, 5.41) is 5.54. The van der Waals surface area contributed by atoms with Crippen LogP contribution in [-0.4, -0.2) is 34.8 Å². The van der Waals surface area contributed by atoms with Crippen molar-refractivity contribution < 1.29 is 14.2 Å². The van der Waals surface area contributed by atoms with Gasteiger partial charge in [-0.3, -0.25) is 0 Å². The summed E-state index contributed by atoms with van der Waals surface area (Å²) >= 11 is 1.62. The van der Waals surface area contributed by atoms with Crippen molar-refractivity contribution in [1.82, 2.24) is 14.8 Å². The molecular formula is C22H21N3O3S. The van der Waals surface area contributed by atoms with E-state index in [1.165, 1.54) is 0 Å². The van der Waals surface area contributed by atoms with Crippen LogP contribution in [0.25, 0.3) is 26.6 Å². The molecule has 0 radical (unpaired) electrons. The van der Waals surface area contributed by atoms with Gasteiger partial charge in [0.25, 0.3) is 0 Å². The van der Waals surface area contributed by atoms with Crippen LogP contribution in [0.1, 0.15) is 18.5 Å². The molecular weight excluding hydrogens is 386 g/mol. The van der Waals surface area contributed by atoms with Crippen LogP contribution in [0.4, 0.5) is 0 Å². The maximum Gasteiger partial charge on any atom is 0.212 e. The van der Waals surface area contributed by atoms with E-state index in [-0.39, 0.29) is 6.29 Å². The first kappa shape index (κ1) is 18.1. The lowest BCUT2D eigenvalue weighted by atomic mass is 10.1.